The maximum absolute atomic E-state index is 12.4. The molecule has 1 fully saturated rings. The summed E-state index contributed by atoms with van der Waals surface area (Å²) in [6, 6.07) is 5.56. The Morgan fingerprint density at radius 1 is 1.33 bits per heavy atom. The van der Waals surface area contributed by atoms with Crippen molar-refractivity contribution in [3.8, 4) is 0 Å². The van der Waals surface area contributed by atoms with Crippen molar-refractivity contribution in [1.82, 2.24) is 24.4 Å². The smallest absolute Gasteiger partial charge is 0.255 e. The third kappa shape index (κ3) is 4.59. The summed E-state index contributed by atoms with van der Waals surface area (Å²) < 4.78 is 8.06. The average Bonchev–Trinajstić information content (AvgIpc) is 3.49. The van der Waals surface area contributed by atoms with Crippen molar-refractivity contribution in [2.24, 2.45) is 5.92 Å². The lowest BCUT2D eigenvalue weighted by Crippen LogP contribution is -2.30. The number of nitrogens with zero attached hydrogens (tertiary/aromatic N) is 5. The largest absolute Gasteiger partial charge is 0.382 e. The molecule has 158 valence electrons. The monoisotopic (exact) mass is 408 g/mol. The van der Waals surface area contributed by atoms with Crippen LogP contribution in [0.4, 0.5) is 5.82 Å². The second kappa shape index (κ2) is 8.79. The molecule has 0 aromatic carbocycles. The maximum atomic E-state index is 12.4. The molecule has 3 aromatic rings. The van der Waals surface area contributed by atoms with Crippen LogP contribution in [0.3, 0.4) is 0 Å². The van der Waals surface area contributed by atoms with Crippen molar-refractivity contribution in [3.63, 3.8) is 0 Å². The van der Waals surface area contributed by atoms with Crippen LogP contribution < -0.4 is 5.73 Å². The number of aromatic nitrogens is 4. The number of hydrogen-bond acceptors (Lipinski definition) is 6. The van der Waals surface area contributed by atoms with E-state index in [4.69, 9.17) is 15.5 Å². The molecule has 2 N–H and O–H groups in total. The number of amides is 1. The number of pyridine rings is 2. The molecule has 3 heterocycles. The molecule has 0 bridgehead atoms. The van der Waals surface area contributed by atoms with Crippen molar-refractivity contribution >= 4 is 22.8 Å². The minimum Gasteiger partial charge on any atom is -0.382 e. The second-order valence-corrected chi connectivity index (χ2v) is 7.92. The molecule has 1 aliphatic carbocycles. The van der Waals surface area contributed by atoms with Crippen LogP contribution in [-0.4, -0.2) is 57.1 Å². The van der Waals surface area contributed by atoms with E-state index in [1.165, 1.54) is 12.8 Å². The normalized spacial score (nSPS) is 13.7. The Balaban J connectivity index is 1.35. The maximum Gasteiger partial charge on any atom is 0.255 e. The Labute approximate surface area is 176 Å². The van der Waals surface area contributed by atoms with Gasteiger partial charge in [0.2, 0.25) is 0 Å². The van der Waals surface area contributed by atoms with E-state index in [-0.39, 0.29) is 5.91 Å². The minimum absolute atomic E-state index is 0.0579. The van der Waals surface area contributed by atoms with Gasteiger partial charge in [-0.05, 0) is 43.9 Å². The highest BCUT2D eigenvalue weighted by atomic mass is 16.5. The van der Waals surface area contributed by atoms with E-state index < -0.39 is 0 Å². The standard InChI is InChI=1S/C22H28N6O2/c1-15-12-18-20(21(23)25-15)26-19(13-16-5-6-16)28(18)9-11-30-10-8-27(2)22(29)17-4-3-7-24-14-17/h3-4,7,12,14,16H,5-6,8-11,13H2,1-2H3,(H2,23,25). The molecule has 3 aromatic heterocycles. The third-order valence-corrected chi connectivity index (χ3v) is 5.42. The Kier molecular flexibility index (Phi) is 5.94. The predicted molar refractivity (Wildman–Crippen MR) is 115 cm³/mol. The van der Waals surface area contributed by atoms with Gasteiger partial charge >= 0.3 is 0 Å². The van der Waals surface area contributed by atoms with Gasteiger partial charge in [-0.2, -0.15) is 0 Å². The number of nitrogens with two attached hydrogens (primary N) is 1. The van der Waals surface area contributed by atoms with Gasteiger partial charge < -0.3 is 19.9 Å². The third-order valence-electron chi connectivity index (χ3n) is 5.42. The first-order valence-corrected chi connectivity index (χ1v) is 10.4. The number of anilines is 1. The van der Waals surface area contributed by atoms with Crippen molar-refractivity contribution < 1.29 is 9.53 Å². The number of aryl methyl sites for hydroxylation is 1. The van der Waals surface area contributed by atoms with Crippen LogP contribution in [0.1, 0.15) is 34.7 Å². The van der Waals surface area contributed by atoms with E-state index in [1.54, 1.807) is 36.5 Å². The highest BCUT2D eigenvalue weighted by Crippen LogP contribution is 2.33. The van der Waals surface area contributed by atoms with Crippen LogP contribution in [0.2, 0.25) is 0 Å². The van der Waals surface area contributed by atoms with Crippen molar-refractivity contribution in [2.45, 2.75) is 32.7 Å². The van der Waals surface area contributed by atoms with Gasteiger partial charge in [-0.25, -0.2) is 9.97 Å². The first-order chi connectivity index (χ1) is 14.5. The van der Waals surface area contributed by atoms with Gasteiger partial charge in [0.15, 0.2) is 5.82 Å². The molecule has 30 heavy (non-hydrogen) atoms. The van der Waals surface area contributed by atoms with Gasteiger partial charge in [-0.1, -0.05) is 0 Å². The van der Waals surface area contributed by atoms with Gasteiger partial charge in [0.05, 0.1) is 24.3 Å². The zero-order valence-electron chi connectivity index (χ0n) is 17.5. The predicted octanol–water partition coefficient (Wildman–Crippen LogP) is 2.46. The fraction of sp³-hybridized carbons (Fsp3) is 0.455. The van der Waals surface area contributed by atoms with E-state index in [9.17, 15) is 4.79 Å². The molecule has 1 saturated carbocycles. The van der Waals surface area contributed by atoms with Crippen LogP contribution in [0.5, 0.6) is 0 Å². The quantitative estimate of drug-likeness (QED) is 0.546. The summed E-state index contributed by atoms with van der Waals surface area (Å²) in [5.74, 6) is 2.21. The number of hydrogen-bond donors (Lipinski definition) is 1. The van der Waals surface area contributed by atoms with Crippen molar-refractivity contribution in [2.75, 3.05) is 32.5 Å². The molecule has 0 saturated heterocycles. The molecular weight excluding hydrogens is 380 g/mol. The molecule has 8 heteroatoms. The van der Waals surface area contributed by atoms with Crippen LogP contribution >= 0.6 is 0 Å². The van der Waals surface area contributed by atoms with Crippen LogP contribution in [-0.2, 0) is 17.7 Å². The zero-order valence-corrected chi connectivity index (χ0v) is 17.5. The summed E-state index contributed by atoms with van der Waals surface area (Å²) in [7, 11) is 1.77. The minimum atomic E-state index is -0.0579. The lowest BCUT2D eigenvalue weighted by atomic mass is 10.2. The number of nitrogen functional groups attached to an aromatic ring is 1. The summed E-state index contributed by atoms with van der Waals surface area (Å²) >= 11 is 0. The molecule has 0 atom stereocenters. The number of ether oxygens (including phenoxy) is 1. The second-order valence-electron chi connectivity index (χ2n) is 7.92. The Bertz CT molecular complexity index is 1030. The Morgan fingerprint density at radius 2 is 2.17 bits per heavy atom. The highest BCUT2D eigenvalue weighted by Gasteiger charge is 2.25. The molecule has 4 rings (SSSR count). The first-order valence-electron chi connectivity index (χ1n) is 10.4. The van der Waals surface area contributed by atoms with Gasteiger partial charge in [0.25, 0.3) is 5.91 Å². The summed E-state index contributed by atoms with van der Waals surface area (Å²) in [6.07, 6.45) is 6.74. The average molecular weight is 409 g/mol. The molecular formula is C22H28N6O2. The first kappa shape index (κ1) is 20.3. The van der Waals surface area contributed by atoms with Crippen molar-refractivity contribution in [1.29, 1.82) is 0 Å². The fourth-order valence-corrected chi connectivity index (χ4v) is 3.58. The van der Waals surface area contributed by atoms with Gasteiger partial charge in [-0.15, -0.1) is 0 Å². The number of fused-ring (bicyclic) bond motifs is 1. The molecule has 0 radical (unpaired) electrons. The number of carbonyl (C=O) groups is 1. The lowest BCUT2D eigenvalue weighted by Gasteiger charge is -2.17. The zero-order chi connectivity index (χ0) is 21.1. The fourth-order valence-electron chi connectivity index (χ4n) is 3.58. The Morgan fingerprint density at radius 3 is 2.90 bits per heavy atom. The SMILES string of the molecule is Cc1cc2c(nc(CC3CC3)n2CCOCCN(C)C(=O)c2cccnc2)c(N)n1. The van der Waals surface area contributed by atoms with E-state index in [2.05, 4.69) is 14.5 Å². The summed E-state index contributed by atoms with van der Waals surface area (Å²) in [5.41, 5.74) is 9.37. The highest BCUT2D eigenvalue weighted by molar-refractivity contribution is 5.93. The van der Waals surface area contributed by atoms with Crippen LogP contribution in [0.15, 0.2) is 30.6 Å². The number of rotatable bonds is 9. The number of imidazole rings is 1. The lowest BCUT2D eigenvalue weighted by molar-refractivity contribution is 0.0684. The summed E-state index contributed by atoms with van der Waals surface area (Å²) in [5, 5.41) is 0. The molecule has 1 aliphatic rings. The number of carbonyl (C=O) groups excluding carboxylic acids is 1. The van der Waals surface area contributed by atoms with Gasteiger partial charge in [-0.3, -0.25) is 9.78 Å². The van der Waals surface area contributed by atoms with Crippen LogP contribution in [0, 0.1) is 12.8 Å². The molecule has 0 unspecified atom stereocenters. The molecule has 1 amide bonds. The topological polar surface area (TPSA) is 99.2 Å². The van der Waals surface area contributed by atoms with Gasteiger partial charge in [0.1, 0.15) is 11.3 Å². The summed E-state index contributed by atoms with van der Waals surface area (Å²) in [4.78, 5) is 27.1. The van der Waals surface area contributed by atoms with E-state index >= 15 is 0 Å². The summed E-state index contributed by atoms with van der Waals surface area (Å²) in [6.45, 7) is 4.17. The Hall–Kier alpha value is -3.00. The molecule has 0 aliphatic heterocycles. The van der Waals surface area contributed by atoms with Crippen LogP contribution in [0.25, 0.3) is 11.0 Å². The van der Waals surface area contributed by atoms with E-state index in [1.807, 2.05) is 13.0 Å². The number of likely N-dealkylation sites (N-methyl/N-ethyl adjacent to an activating group) is 1. The van der Waals surface area contributed by atoms with E-state index in [0.29, 0.717) is 37.7 Å². The van der Waals surface area contributed by atoms with Crippen molar-refractivity contribution in [3.05, 3.63) is 47.7 Å². The van der Waals surface area contributed by atoms with E-state index in [0.717, 1.165) is 34.9 Å². The van der Waals surface area contributed by atoms with Gasteiger partial charge in [0, 0.05) is 44.6 Å². The molecule has 0 spiro atoms. The molecule has 8 nitrogen and oxygen atoms in total.